The van der Waals surface area contributed by atoms with Gasteiger partial charge in [-0.1, -0.05) is 12.1 Å². The number of fused-ring (bicyclic) bond motifs is 1. The SMILES string of the molecule is O=C(Nc1nc2ccccc2n1CCN1CCOCC1)c1ccc(COc2ccc(I)cc2)o1. The number of anilines is 1. The summed E-state index contributed by atoms with van der Waals surface area (Å²) >= 11 is 2.25. The van der Waals surface area contributed by atoms with Crippen molar-refractivity contribution in [2.24, 2.45) is 0 Å². The topological polar surface area (TPSA) is 81.8 Å². The average molecular weight is 572 g/mol. The first-order chi connectivity index (χ1) is 16.7. The van der Waals surface area contributed by atoms with Gasteiger partial charge in [-0.25, -0.2) is 4.98 Å². The molecule has 0 aliphatic carbocycles. The average Bonchev–Trinajstić information content (AvgIpc) is 3.48. The lowest BCUT2D eigenvalue weighted by Gasteiger charge is -2.26. The minimum Gasteiger partial charge on any atom is -0.486 e. The van der Waals surface area contributed by atoms with Crippen LogP contribution in [0.5, 0.6) is 5.75 Å². The Morgan fingerprint density at radius 3 is 2.65 bits per heavy atom. The summed E-state index contributed by atoms with van der Waals surface area (Å²) in [7, 11) is 0. The molecule has 1 saturated heterocycles. The Morgan fingerprint density at radius 2 is 1.82 bits per heavy atom. The van der Waals surface area contributed by atoms with E-state index in [0.29, 0.717) is 18.3 Å². The molecule has 176 valence electrons. The highest BCUT2D eigenvalue weighted by Crippen LogP contribution is 2.21. The number of rotatable bonds is 8. The van der Waals surface area contributed by atoms with Gasteiger partial charge < -0.3 is 18.5 Å². The van der Waals surface area contributed by atoms with E-state index in [1.54, 1.807) is 12.1 Å². The van der Waals surface area contributed by atoms with Crippen molar-refractivity contribution in [1.82, 2.24) is 14.5 Å². The number of furan rings is 1. The van der Waals surface area contributed by atoms with Crippen LogP contribution in [0.2, 0.25) is 0 Å². The van der Waals surface area contributed by atoms with Crippen molar-refractivity contribution in [1.29, 1.82) is 0 Å². The third kappa shape index (κ3) is 5.43. The summed E-state index contributed by atoms with van der Waals surface area (Å²) < 4.78 is 20.1. The molecule has 0 atom stereocenters. The van der Waals surface area contributed by atoms with Crippen LogP contribution in [0.15, 0.2) is 65.1 Å². The number of ether oxygens (including phenoxy) is 2. The zero-order chi connectivity index (χ0) is 23.3. The lowest BCUT2D eigenvalue weighted by atomic mass is 10.3. The molecule has 0 saturated carbocycles. The fourth-order valence-electron chi connectivity index (χ4n) is 3.89. The molecule has 34 heavy (non-hydrogen) atoms. The van der Waals surface area contributed by atoms with Gasteiger partial charge in [-0.15, -0.1) is 0 Å². The molecule has 1 fully saturated rings. The van der Waals surface area contributed by atoms with Crippen molar-refractivity contribution in [3.05, 3.63) is 75.8 Å². The largest absolute Gasteiger partial charge is 0.486 e. The highest BCUT2D eigenvalue weighted by atomic mass is 127. The van der Waals surface area contributed by atoms with Crippen LogP contribution in [0.4, 0.5) is 5.95 Å². The van der Waals surface area contributed by atoms with Crippen LogP contribution in [-0.2, 0) is 17.9 Å². The van der Waals surface area contributed by atoms with Crippen LogP contribution in [0.3, 0.4) is 0 Å². The fraction of sp³-hybridized carbons (Fsp3) is 0.280. The van der Waals surface area contributed by atoms with Gasteiger partial charge in [0.2, 0.25) is 5.95 Å². The summed E-state index contributed by atoms with van der Waals surface area (Å²) in [4.78, 5) is 20.0. The number of nitrogens with zero attached hydrogens (tertiary/aromatic N) is 3. The van der Waals surface area contributed by atoms with Gasteiger partial charge in [-0.3, -0.25) is 15.0 Å². The van der Waals surface area contributed by atoms with E-state index in [0.717, 1.165) is 53.2 Å². The fourth-order valence-corrected chi connectivity index (χ4v) is 4.25. The Hall–Kier alpha value is -2.89. The summed E-state index contributed by atoms with van der Waals surface area (Å²) in [6.07, 6.45) is 0. The molecule has 0 bridgehead atoms. The summed E-state index contributed by atoms with van der Waals surface area (Å²) in [5.41, 5.74) is 1.82. The molecule has 1 amide bonds. The molecule has 8 nitrogen and oxygen atoms in total. The number of imidazole rings is 1. The second-order valence-electron chi connectivity index (χ2n) is 7.99. The number of para-hydroxylation sites is 2. The molecule has 0 spiro atoms. The molecule has 2 aromatic heterocycles. The van der Waals surface area contributed by atoms with Crippen molar-refractivity contribution in [2.45, 2.75) is 13.2 Å². The van der Waals surface area contributed by atoms with Crippen LogP contribution in [0.1, 0.15) is 16.3 Å². The van der Waals surface area contributed by atoms with Gasteiger partial charge in [0, 0.05) is 29.7 Å². The summed E-state index contributed by atoms with van der Waals surface area (Å²) in [5.74, 6) is 1.70. The lowest BCUT2D eigenvalue weighted by molar-refractivity contribution is 0.0366. The van der Waals surface area contributed by atoms with Crippen molar-refractivity contribution in [3.63, 3.8) is 0 Å². The van der Waals surface area contributed by atoms with E-state index in [2.05, 4.69) is 37.8 Å². The van der Waals surface area contributed by atoms with Gasteiger partial charge in [-0.05, 0) is 71.1 Å². The highest BCUT2D eigenvalue weighted by Gasteiger charge is 2.18. The van der Waals surface area contributed by atoms with E-state index >= 15 is 0 Å². The number of carbonyl (C=O) groups excluding carboxylic acids is 1. The first-order valence-corrected chi connectivity index (χ1v) is 12.3. The third-order valence-corrected chi connectivity index (χ3v) is 6.42. The number of morpholine rings is 1. The maximum Gasteiger partial charge on any atom is 0.293 e. The number of halogens is 1. The molecule has 1 N–H and O–H groups in total. The van der Waals surface area contributed by atoms with Crippen LogP contribution >= 0.6 is 22.6 Å². The van der Waals surface area contributed by atoms with Gasteiger partial charge in [0.1, 0.15) is 18.1 Å². The van der Waals surface area contributed by atoms with Gasteiger partial charge in [0.25, 0.3) is 5.91 Å². The predicted octanol–water partition coefficient (Wildman–Crippen LogP) is 4.40. The molecule has 9 heteroatoms. The van der Waals surface area contributed by atoms with Crippen LogP contribution in [0.25, 0.3) is 11.0 Å². The molecule has 0 radical (unpaired) electrons. The minimum absolute atomic E-state index is 0.216. The van der Waals surface area contributed by atoms with E-state index < -0.39 is 0 Å². The monoisotopic (exact) mass is 572 g/mol. The maximum absolute atomic E-state index is 12.9. The normalized spacial score (nSPS) is 14.4. The molecular formula is C25H25IN4O4. The number of benzene rings is 2. The van der Waals surface area contributed by atoms with Crippen molar-refractivity contribution in [2.75, 3.05) is 38.2 Å². The number of amides is 1. The first kappa shape index (κ1) is 22.9. The van der Waals surface area contributed by atoms with Gasteiger partial charge >= 0.3 is 0 Å². The van der Waals surface area contributed by atoms with E-state index in [4.69, 9.17) is 13.9 Å². The third-order valence-electron chi connectivity index (χ3n) is 5.70. The van der Waals surface area contributed by atoms with Crippen molar-refractivity contribution in [3.8, 4) is 5.75 Å². The molecular weight excluding hydrogens is 547 g/mol. The molecule has 5 rings (SSSR count). The predicted molar refractivity (Wildman–Crippen MR) is 137 cm³/mol. The summed E-state index contributed by atoms with van der Waals surface area (Å²) in [6, 6.07) is 19.1. The quantitative estimate of drug-likeness (QED) is 0.316. The Kier molecular flexibility index (Phi) is 7.12. The van der Waals surface area contributed by atoms with Crippen LogP contribution < -0.4 is 10.1 Å². The number of hydrogen-bond acceptors (Lipinski definition) is 6. The van der Waals surface area contributed by atoms with E-state index in [1.807, 2.05) is 53.1 Å². The van der Waals surface area contributed by atoms with Gasteiger partial charge in [0.05, 0.1) is 24.2 Å². The van der Waals surface area contributed by atoms with E-state index in [-0.39, 0.29) is 18.3 Å². The number of nitrogens with one attached hydrogen (secondary N) is 1. The second-order valence-corrected chi connectivity index (χ2v) is 9.24. The molecule has 0 unspecified atom stereocenters. The van der Waals surface area contributed by atoms with Crippen LogP contribution in [0, 0.1) is 3.57 Å². The number of hydrogen-bond donors (Lipinski definition) is 1. The molecule has 2 aromatic carbocycles. The zero-order valence-electron chi connectivity index (χ0n) is 18.6. The Labute approximate surface area is 211 Å². The molecule has 1 aliphatic rings. The van der Waals surface area contributed by atoms with Gasteiger partial charge in [-0.2, -0.15) is 0 Å². The Balaban J connectivity index is 1.27. The Bertz CT molecular complexity index is 1260. The van der Waals surface area contributed by atoms with E-state index in [9.17, 15) is 4.79 Å². The number of aromatic nitrogens is 2. The molecule has 4 aromatic rings. The van der Waals surface area contributed by atoms with Gasteiger partial charge in [0.15, 0.2) is 5.76 Å². The van der Waals surface area contributed by atoms with Crippen molar-refractivity contribution >= 4 is 45.5 Å². The summed E-state index contributed by atoms with van der Waals surface area (Å²) in [6.45, 7) is 5.13. The summed E-state index contributed by atoms with van der Waals surface area (Å²) in [5, 5.41) is 2.93. The van der Waals surface area contributed by atoms with Crippen molar-refractivity contribution < 1.29 is 18.7 Å². The standard InChI is InChI=1S/C25H25IN4O4/c26-18-5-7-19(8-6-18)33-17-20-9-10-23(34-20)24(31)28-25-27-21-3-1-2-4-22(21)30(25)12-11-29-13-15-32-16-14-29/h1-10H,11-17H2,(H,27,28,31). The van der Waals surface area contributed by atoms with E-state index in [1.165, 1.54) is 0 Å². The van der Waals surface area contributed by atoms with Crippen LogP contribution in [-0.4, -0.2) is 53.2 Å². The highest BCUT2D eigenvalue weighted by molar-refractivity contribution is 14.1. The smallest absolute Gasteiger partial charge is 0.293 e. The minimum atomic E-state index is -0.344. The number of carbonyl (C=O) groups is 1. The lowest BCUT2D eigenvalue weighted by Crippen LogP contribution is -2.38. The maximum atomic E-state index is 12.9. The Morgan fingerprint density at radius 1 is 1.03 bits per heavy atom. The first-order valence-electron chi connectivity index (χ1n) is 11.2. The second kappa shape index (κ2) is 10.6. The molecule has 1 aliphatic heterocycles. The molecule has 3 heterocycles. The zero-order valence-corrected chi connectivity index (χ0v) is 20.7.